The molecule has 4 rings (SSSR count). The predicted octanol–water partition coefficient (Wildman–Crippen LogP) is 3.30. The molecule has 0 spiro atoms. The summed E-state index contributed by atoms with van der Waals surface area (Å²) in [5.41, 5.74) is 0.375. The van der Waals surface area contributed by atoms with Gasteiger partial charge in [-0.25, -0.2) is 9.59 Å². The van der Waals surface area contributed by atoms with Crippen molar-refractivity contribution in [1.29, 1.82) is 0 Å². The van der Waals surface area contributed by atoms with E-state index in [1.165, 1.54) is 45.6 Å². The van der Waals surface area contributed by atoms with E-state index in [4.69, 9.17) is 0 Å². The number of nitrogens with zero attached hydrogens (tertiary/aromatic N) is 4. The molecule has 2 amide bonds. The summed E-state index contributed by atoms with van der Waals surface area (Å²) in [4.78, 5) is 43.7. The number of ketones is 1. The molecule has 0 fully saturated rings. The lowest BCUT2D eigenvalue weighted by atomic mass is 9.88. The maximum atomic E-state index is 13.5. The van der Waals surface area contributed by atoms with Gasteiger partial charge in [0.05, 0.1) is 37.0 Å². The maximum absolute atomic E-state index is 13.5. The molecule has 2 aromatic heterocycles. The minimum Gasteiger partial charge on any atom is -0.287 e. The van der Waals surface area contributed by atoms with Crippen molar-refractivity contribution in [2.24, 2.45) is 5.92 Å². The number of rotatable bonds is 3. The Bertz CT molecular complexity index is 1230. The first-order valence-corrected chi connectivity index (χ1v) is 10.7. The van der Waals surface area contributed by atoms with Crippen molar-refractivity contribution < 1.29 is 36.7 Å². The zero-order valence-electron chi connectivity index (χ0n) is 17.5. The van der Waals surface area contributed by atoms with Crippen LogP contribution in [-0.2, 0) is 0 Å². The summed E-state index contributed by atoms with van der Waals surface area (Å²) in [5, 5.41) is 1.17. The molecule has 7 nitrogen and oxygen atoms in total. The number of pyridine rings is 1. The Balaban J connectivity index is 1.83. The van der Waals surface area contributed by atoms with Crippen LogP contribution < -0.4 is 4.57 Å². The molecule has 33 heavy (non-hydrogen) atoms. The van der Waals surface area contributed by atoms with E-state index in [9.17, 15) is 27.6 Å². The van der Waals surface area contributed by atoms with Gasteiger partial charge in [-0.1, -0.05) is 34.0 Å². The van der Waals surface area contributed by atoms with Gasteiger partial charge in [-0.05, 0) is 12.1 Å². The number of aromatic nitrogens is 2. The van der Waals surface area contributed by atoms with E-state index >= 15 is 0 Å². The molecule has 0 aromatic carbocycles. The summed E-state index contributed by atoms with van der Waals surface area (Å²) in [6.45, 7) is 0. The Labute approximate surface area is 190 Å². The maximum Gasteiger partial charge on any atom is 0.521 e. The average Bonchev–Trinajstić information content (AvgIpc) is 3.40. The van der Waals surface area contributed by atoms with Gasteiger partial charge in [0, 0.05) is 18.6 Å². The summed E-state index contributed by atoms with van der Waals surface area (Å²) >= 11 is 0.841. The normalized spacial score (nSPS) is 17.4. The number of Topliss-reactive ketones (excluding diaryl/α,β-unsaturated/α-hetero) is 1. The van der Waals surface area contributed by atoms with Crippen LogP contribution in [0.15, 0.2) is 53.7 Å². The predicted molar refractivity (Wildman–Crippen MR) is 113 cm³/mol. The van der Waals surface area contributed by atoms with E-state index in [0.717, 1.165) is 11.3 Å². The summed E-state index contributed by atoms with van der Waals surface area (Å²) in [7, 11) is 3.10. The van der Waals surface area contributed by atoms with Crippen LogP contribution in [0.1, 0.15) is 21.7 Å². The van der Waals surface area contributed by atoms with Crippen LogP contribution in [0.5, 0.6) is 0 Å². The van der Waals surface area contributed by atoms with E-state index in [1.807, 2.05) is 6.08 Å². The number of urea groups is 1. The molecule has 2 aliphatic rings. The number of allylic oxidation sites excluding steroid dienone is 2. The van der Waals surface area contributed by atoms with E-state index in [-0.39, 0.29) is 10.6 Å². The average molecular weight is 475 g/mol. The highest BCUT2D eigenvalue weighted by atomic mass is 32.1. The second-order valence-electron chi connectivity index (χ2n) is 7.53. The number of thiazole rings is 1. The Hall–Kier alpha value is -3.60. The third kappa shape index (κ3) is 3.99. The van der Waals surface area contributed by atoms with Crippen molar-refractivity contribution in [2.75, 3.05) is 14.1 Å². The lowest BCUT2D eigenvalue weighted by Gasteiger charge is -2.21. The van der Waals surface area contributed by atoms with Gasteiger partial charge in [0.2, 0.25) is 5.78 Å². The van der Waals surface area contributed by atoms with Crippen LogP contribution in [0, 0.1) is 12.0 Å². The molecule has 11 heteroatoms. The number of carbonyl (C=O) groups excluding carboxylic acids is 3. The Morgan fingerprint density at radius 3 is 2.67 bits per heavy atom. The quantitative estimate of drug-likeness (QED) is 0.388. The van der Waals surface area contributed by atoms with Crippen LogP contribution in [0.25, 0.3) is 10.6 Å². The number of hydrogen-bond donors (Lipinski definition) is 0. The molecule has 1 unspecified atom stereocenters. The van der Waals surface area contributed by atoms with Crippen LogP contribution in [0.3, 0.4) is 0 Å². The van der Waals surface area contributed by atoms with Crippen LogP contribution in [-0.4, -0.2) is 58.7 Å². The van der Waals surface area contributed by atoms with Crippen LogP contribution in [0.2, 0.25) is 0 Å². The molecule has 0 N–H and O–H groups in total. The Morgan fingerprint density at radius 1 is 1.27 bits per heavy atom. The van der Waals surface area contributed by atoms with Crippen molar-refractivity contribution in [3.05, 3.63) is 65.4 Å². The Kier molecular flexibility index (Phi) is 5.75. The highest BCUT2D eigenvalue weighted by Crippen LogP contribution is 2.36. The molecule has 0 bridgehead atoms. The fourth-order valence-electron chi connectivity index (χ4n) is 3.65. The molecule has 3 heterocycles. The fourth-order valence-corrected chi connectivity index (χ4v) is 4.64. The number of fused-ring (bicyclic) bond motifs is 1. The van der Waals surface area contributed by atoms with E-state index in [2.05, 4.69) is 4.98 Å². The number of amides is 2. The first-order chi connectivity index (χ1) is 15.6. The molecule has 0 saturated carbocycles. The molecule has 1 aliphatic carbocycles. The first kappa shape index (κ1) is 22.6. The minimum absolute atomic E-state index is 0.0604. The van der Waals surface area contributed by atoms with Gasteiger partial charge in [0.1, 0.15) is 0 Å². The molecule has 2 aromatic rings. The largest absolute Gasteiger partial charge is 0.521 e. The number of carbonyl (C=O) groups is 3. The van der Waals surface area contributed by atoms with Gasteiger partial charge >= 0.3 is 18.1 Å². The Morgan fingerprint density at radius 2 is 2.03 bits per heavy atom. The van der Waals surface area contributed by atoms with Gasteiger partial charge < -0.3 is 0 Å². The van der Waals surface area contributed by atoms with E-state index < -0.39 is 35.5 Å². The molecular weight excluding hydrogens is 457 g/mol. The zero-order chi connectivity index (χ0) is 23.9. The van der Waals surface area contributed by atoms with Crippen molar-refractivity contribution in [3.63, 3.8) is 0 Å². The summed E-state index contributed by atoms with van der Waals surface area (Å²) in [6, 6.07) is 3.11. The van der Waals surface area contributed by atoms with E-state index in [0.29, 0.717) is 22.6 Å². The first-order valence-electron chi connectivity index (χ1n) is 9.80. The molecular formula is C22H18F3N4O3S+. The second-order valence-corrected chi connectivity index (χ2v) is 8.38. The monoisotopic (exact) mass is 475 g/mol. The fraction of sp³-hybridized carbons (Fsp3) is 0.227. The molecule has 0 saturated heterocycles. The minimum atomic E-state index is -5.20. The van der Waals surface area contributed by atoms with Gasteiger partial charge in [-0.15, -0.1) is 12.2 Å². The van der Waals surface area contributed by atoms with Crippen LogP contribution >= 0.6 is 11.3 Å². The van der Waals surface area contributed by atoms with Gasteiger partial charge in [-0.2, -0.15) is 13.2 Å². The highest BCUT2D eigenvalue weighted by Gasteiger charge is 2.53. The smallest absolute Gasteiger partial charge is 0.287 e. The number of halogens is 3. The molecule has 0 radical (unpaired) electrons. The lowest BCUT2D eigenvalue weighted by molar-refractivity contribution is -0.573. The van der Waals surface area contributed by atoms with Gasteiger partial charge in [0.25, 0.3) is 10.7 Å². The standard InChI is InChI=1S/C22H18F3N4O3S/c1-27(2)21(32)28-11-15(14-7-3-4-8-16(14)28)18(30)17-12-33-19(13-6-5-9-26-10-13)29(17)20(31)22(23,24)25/h4-12,15H,3H2,1-2H3/q+1. The van der Waals surface area contributed by atoms with E-state index in [1.54, 1.807) is 26.2 Å². The zero-order valence-corrected chi connectivity index (χ0v) is 18.4. The topological polar surface area (TPSA) is 74.2 Å². The number of hydrogen-bond acceptors (Lipinski definition) is 5. The molecule has 170 valence electrons. The highest BCUT2D eigenvalue weighted by molar-refractivity contribution is 7.13. The lowest BCUT2D eigenvalue weighted by Crippen LogP contribution is -2.54. The summed E-state index contributed by atoms with van der Waals surface area (Å²) in [5.74, 6) is -3.91. The number of alkyl halides is 3. The van der Waals surface area contributed by atoms with Crippen molar-refractivity contribution in [2.45, 2.75) is 12.6 Å². The van der Waals surface area contributed by atoms with Gasteiger partial charge in [-0.3, -0.25) is 19.3 Å². The molecule has 1 aliphatic heterocycles. The summed E-state index contributed by atoms with van der Waals surface area (Å²) in [6.07, 6.45) is 4.72. The van der Waals surface area contributed by atoms with Crippen LogP contribution in [0.4, 0.5) is 18.0 Å². The molecule has 1 atom stereocenters. The SMILES string of the molecule is CN(C)C(=O)[N+]1=CC(C(=O)c2csc(-c3cccnc3)[n+]2C(=O)C(F)(F)F)C2=CCC=C[C-]21. The van der Waals surface area contributed by atoms with Gasteiger partial charge in [0.15, 0.2) is 0 Å². The third-order valence-corrected chi connectivity index (χ3v) is 6.12. The third-order valence-electron chi connectivity index (χ3n) is 5.14. The van der Waals surface area contributed by atoms with Crippen molar-refractivity contribution in [1.82, 2.24) is 9.88 Å². The van der Waals surface area contributed by atoms with Crippen molar-refractivity contribution in [3.8, 4) is 10.6 Å². The second kappa shape index (κ2) is 8.39. The van der Waals surface area contributed by atoms with Crippen molar-refractivity contribution >= 4 is 35.3 Å². The summed E-state index contributed by atoms with van der Waals surface area (Å²) < 4.78 is 42.1.